The van der Waals surface area contributed by atoms with E-state index in [4.69, 9.17) is 0 Å². The monoisotopic (exact) mass is 178 g/mol. The molecular weight excluding hydrogens is 164 g/mol. The quantitative estimate of drug-likeness (QED) is 0.662. The molecule has 1 heterocycles. The van der Waals surface area contributed by atoms with E-state index < -0.39 is 0 Å². The lowest BCUT2D eigenvalue weighted by molar-refractivity contribution is 0.803. The summed E-state index contributed by atoms with van der Waals surface area (Å²) in [6.07, 6.45) is 9.64. The summed E-state index contributed by atoms with van der Waals surface area (Å²) in [6.45, 7) is 2.25. The van der Waals surface area contributed by atoms with Crippen LogP contribution < -0.4 is 0 Å². The number of hydrogen-bond donors (Lipinski definition) is 0. The Balaban J connectivity index is 2.16. The third-order valence-corrected chi connectivity index (χ3v) is 3.48. The highest BCUT2D eigenvalue weighted by atomic mass is 32.1. The van der Waals surface area contributed by atoms with Crippen molar-refractivity contribution in [1.29, 1.82) is 0 Å². The van der Waals surface area contributed by atoms with Gasteiger partial charge in [-0.3, -0.25) is 0 Å². The number of allylic oxidation sites excluding steroid dienone is 1. The van der Waals surface area contributed by atoms with Crippen LogP contribution >= 0.6 is 11.3 Å². The fraction of sp³-hybridized carbons (Fsp3) is 0.455. The van der Waals surface area contributed by atoms with Gasteiger partial charge in [0.05, 0.1) is 0 Å². The number of rotatable bonds is 3. The van der Waals surface area contributed by atoms with Gasteiger partial charge in [-0.25, -0.2) is 0 Å². The number of thiophene rings is 1. The second-order valence-corrected chi connectivity index (χ2v) is 4.27. The Morgan fingerprint density at radius 2 is 2.42 bits per heavy atom. The molecule has 0 saturated heterocycles. The third kappa shape index (κ3) is 1.34. The first-order valence-electron chi connectivity index (χ1n) is 4.67. The van der Waals surface area contributed by atoms with Crippen LogP contribution in [0, 0.1) is 0 Å². The average molecular weight is 178 g/mol. The molecule has 0 saturated carbocycles. The van der Waals surface area contributed by atoms with E-state index in [-0.39, 0.29) is 0 Å². The average Bonchev–Trinajstić information content (AvgIpc) is 2.62. The lowest BCUT2D eigenvalue weighted by Crippen LogP contribution is -1.82. The molecule has 1 aliphatic rings. The van der Waals surface area contributed by atoms with E-state index in [1.54, 1.807) is 10.4 Å². The lowest BCUT2D eigenvalue weighted by Gasteiger charge is -1.96. The second-order valence-electron chi connectivity index (χ2n) is 3.31. The number of unbranched alkanes of at least 4 members (excludes halogenated alkanes) is 1. The van der Waals surface area contributed by atoms with Crippen LogP contribution in [0.3, 0.4) is 0 Å². The molecule has 12 heavy (non-hydrogen) atoms. The van der Waals surface area contributed by atoms with Crippen molar-refractivity contribution in [1.82, 2.24) is 0 Å². The van der Waals surface area contributed by atoms with Crippen molar-refractivity contribution in [3.05, 3.63) is 27.5 Å². The summed E-state index contributed by atoms with van der Waals surface area (Å²) in [5.74, 6) is 0. The Labute approximate surface area is 77.9 Å². The topological polar surface area (TPSA) is 0 Å². The van der Waals surface area contributed by atoms with Crippen LogP contribution in [0.15, 0.2) is 11.5 Å². The summed E-state index contributed by atoms with van der Waals surface area (Å²) in [5.41, 5.74) is 3.08. The predicted molar refractivity (Wildman–Crippen MR) is 55.7 cm³/mol. The first kappa shape index (κ1) is 8.06. The third-order valence-electron chi connectivity index (χ3n) is 2.37. The minimum atomic E-state index is 1.16. The smallest absolute Gasteiger partial charge is 0.0120 e. The number of aryl methyl sites for hydroxylation is 1. The molecule has 0 unspecified atom stereocenters. The Morgan fingerprint density at radius 1 is 1.50 bits per heavy atom. The molecule has 64 valence electrons. The standard InChI is InChI=1S/C11H14S/c1-2-3-7-11-10-6-4-5-9(10)8-12-11/h4,6,8H,2-3,5,7H2,1H3. The highest BCUT2D eigenvalue weighted by Gasteiger charge is 2.11. The SMILES string of the molecule is CCCCc1scc2c1C=CC2. The van der Waals surface area contributed by atoms with Gasteiger partial charge < -0.3 is 0 Å². The van der Waals surface area contributed by atoms with Crippen molar-refractivity contribution < 1.29 is 0 Å². The second kappa shape index (κ2) is 3.44. The highest BCUT2D eigenvalue weighted by molar-refractivity contribution is 7.10. The summed E-state index contributed by atoms with van der Waals surface area (Å²) in [5, 5.41) is 2.32. The molecule has 0 aromatic carbocycles. The van der Waals surface area contributed by atoms with Crippen LogP contribution in [-0.2, 0) is 12.8 Å². The summed E-state index contributed by atoms with van der Waals surface area (Å²) in [6, 6.07) is 0. The highest BCUT2D eigenvalue weighted by Crippen LogP contribution is 2.30. The van der Waals surface area contributed by atoms with E-state index in [1.807, 2.05) is 11.3 Å². The molecule has 1 aliphatic carbocycles. The first-order chi connectivity index (χ1) is 5.92. The zero-order valence-corrected chi connectivity index (χ0v) is 8.29. The van der Waals surface area contributed by atoms with Crippen molar-refractivity contribution in [2.45, 2.75) is 32.6 Å². The summed E-state index contributed by atoms with van der Waals surface area (Å²) >= 11 is 1.94. The van der Waals surface area contributed by atoms with Crippen molar-refractivity contribution in [2.75, 3.05) is 0 Å². The zero-order chi connectivity index (χ0) is 8.39. The molecule has 1 aromatic heterocycles. The van der Waals surface area contributed by atoms with E-state index in [1.165, 1.54) is 24.8 Å². The fourth-order valence-electron chi connectivity index (χ4n) is 1.64. The van der Waals surface area contributed by atoms with Gasteiger partial charge in [0.25, 0.3) is 0 Å². The van der Waals surface area contributed by atoms with Crippen LogP contribution in [0.25, 0.3) is 6.08 Å². The van der Waals surface area contributed by atoms with Crippen molar-refractivity contribution in [2.24, 2.45) is 0 Å². The molecule has 2 rings (SSSR count). The Morgan fingerprint density at radius 3 is 3.25 bits per heavy atom. The molecule has 0 atom stereocenters. The molecule has 0 spiro atoms. The Bertz CT molecular complexity index is 294. The van der Waals surface area contributed by atoms with Gasteiger partial charge in [0.2, 0.25) is 0 Å². The fourth-order valence-corrected chi connectivity index (χ4v) is 2.74. The van der Waals surface area contributed by atoms with Gasteiger partial charge in [0.1, 0.15) is 0 Å². The van der Waals surface area contributed by atoms with Gasteiger partial charge in [-0.2, -0.15) is 0 Å². The zero-order valence-electron chi connectivity index (χ0n) is 7.47. The van der Waals surface area contributed by atoms with Crippen LogP contribution in [0.1, 0.15) is 35.8 Å². The van der Waals surface area contributed by atoms with E-state index in [0.29, 0.717) is 0 Å². The molecule has 1 aromatic rings. The number of fused-ring (bicyclic) bond motifs is 1. The van der Waals surface area contributed by atoms with Gasteiger partial charge in [-0.05, 0) is 35.8 Å². The molecule has 0 nitrogen and oxygen atoms in total. The lowest BCUT2D eigenvalue weighted by atomic mass is 10.1. The van der Waals surface area contributed by atoms with Crippen LogP contribution in [0.4, 0.5) is 0 Å². The van der Waals surface area contributed by atoms with E-state index >= 15 is 0 Å². The molecular formula is C11H14S. The minimum Gasteiger partial charge on any atom is -0.148 e. The maximum atomic E-state index is 2.32. The molecule has 1 heteroatoms. The van der Waals surface area contributed by atoms with E-state index in [0.717, 1.165) is 6.42 Å². The van der Waals surface area contributed by atoms with Crippen molar-refractivity contribution in [3.63, 3.8) is 0 Å². The minimum absolute atomic E-state index is 1.16. The van der Waals surface area contributed by atoms with Gasteiger partial charge in [-0.15, -0.1) is 11.3 Å². The van der Waals surface area contributed by atoms with Gasteiger partial charge in [0.15, 0.2) is 0 Å². The molecule has 0 aliphatic heterocycles. The molecule has 0 bridgehead atoms. The predicted octanol–water partition coefficient (Wildman–Crippen LogP) is 3.66. The largest absolute Gasteiger partial charge is 0.148 e. The van der Waals surface area contributed by atoms with Crippen molar-refractivity contribution in [3.8, 4) is 0 Å². The van der Waals surface area contributed by atoms with Gasteiger partial charge >= 0.3 is 0 Å². The molecule has 0 amide bonds. The Kier molecular flexibility index (Phi) is 2.31. The van der Waals surface area contributed by atoms with Crippen LogP contribution in [0.5, 0.6) is 0 Å². The normalized spacial score (nSPS) is 13.8. The van der Waals surface area contributed by atoms with Gasteiger partial charge in [-0.1, -0.05) is 25.5 Å². The van der Waals surface area contributed by atoms with E-state index in [9.17, 15) is 0 Å². The maximum absolute atomic E-state index is 2.32. The van der Waals surface area contributed by atoms with Crippen LogP contribution in [0.2, 0.25) is 0 Å². The summed E-state index contributed by atoms with van der Waals surface area (Å²) in [7, 11) is 0. The van der Waals surface area contributed by atoms with Crippen LogP contribution in [-0.4, -0.2) is 0 Å². The van der Waals surface area contributed by atoms with Gasteiger partial charge in [0, 0.05) is 4.88 Å². The molecule has 0 radical (unpaired) electrons. The van der Waals surface area contributed by atoms with Crippen molar-refractivity contribution >= 4 is 17.4 Å². The maximum Gasteiger partial charge on any atom is 0.0120 e. The number of hydrogen-bond acceptors (Lipinski definition) is 1. The molecule has 0 N–H and O–H groups in total. The summed E-state index contributed by atoms with van der Waals surface area (Å²) in [4.78, 5) is 1.60. The summed E-state index contributed by atoms with van der Waals surface area (Å²) < 4.78 is 0. The first-order valence-corrected chi connectivity index (χ1v) is 5.55. The Hall–Kier alpha value is -0.560. The van der Waals surface area contributed by atoms with E-state index in [2.05, 4.69) is 24.5 Å². The molecule has 0 fully saturated rings.